The number of phenols is 1. The van der Waals surface area contributed by atoms with E-state index >= 15 is 0 Å². The summed E-state index contributed by atoms with van der Waals surface area (Å²) in [4.78, 5) is 5.80. The molecule has 0 unspecified atom stereocenters. The van der Waals surface area contributed by atoms with Gasteiger partial charge in [0.15, 0.2) is 0 Å². The van der Waals surface area contributed by atoms with Crippen LogP contribution < -0.4 is 4.57 Å². The summed E-state index contributed by atoms with van der Waals surface area (Å²) in [6.07, 6.45) is 0. The third kappa shape index (κ3) is 10.2. The summed E-state index contributed by atoms with van der Waals surface area (Å²) < 4.78 is 4.72. The van der Waals surface area contributed by atoms with Crippen molar-refractivity contribution < 1.29 is 9.67 Å². The molecule has 4 nitrogen and oxygen atoms in total. The van der Waals surface area contributed by atoms with Crippen molar-refractivity contribution in [2.45, 2.75) is 118 Å². The molecule has 2 heterocycles. The lowest BCUT2D eigenvalue weighted by Crippen LogP contribution is -2.34. The zero-order valence-corrected chi connectivity index (χ0v) is 47.8. The average molecular weight is 1010 g/mol. The molecule has 1 N–H and O–H groups in total. The summed E-state index contributed by atoms with van der Waals surface area (Å²) in [6.45, 7) is 29.5. The number of aromatic hydroxyl groups is 1. The SMILES string of the molecule is CC(C)c1cc(-c2ccccc2)cc(C(C)C)c1-c1cccc(-c2cc(-c3cccc4c3nc(-c3cc(C(C)(C)C)cc(C(C)(C)C)c3O)n4-c3ccc(-c4ccccc4)cc3-c3ccccc3)cc(C(C)(C)C)c2)[n+]1C. The van der Waals surface area contributed by atoms with E-state index < -0.39 is 0 Å². The normalized spacial score (nSPS) is 12.3. The van der Waals surface area contributed by atoms with Crippen LogP contribution in [-0.4, -0.2) is 14.7 Å². The van der Waals surface area contributed by atoms with E-state index in [2.05, 4.69) is 294 Å². The second-order valence-corrected chi connectivity index (χ2v) is 24.9. The minimum absolute atomic E-state index is 0.171. The maximum absolute atomic E-state index is 12.8. The highest BCUT2D eigenvalue weighted by Gasteiger charge is 2.31. The largest absolute Gasteiger partial charge is 0.507 e. The predicted octanol–water partition coefficient (Wildman–Crippen LogP) is 19.4. The Morgan fingerprint density at radius 2 is 0.961 bits per heavy atom. The van der Waals surface area contributed by atoms with Crippen molar-refractivity contribution in [2.24, 2.45) is 7.05 Å². The van der Waals surface area contributed by atoms with E-state index in [4.69, 9.17) is 4.98 Å². The number of benzene rings is 8. The number of aromatic nitrogens is 3. The van der Waals surface area contributed by atoms with Crippen LogP contribution in [0.5, 0.6) is 5.75 Å². The van der Waals surface area contributed by atoms with E-state index in [1.165, 1.54) is 39.1 Å². The van der Waals surface area contributed by atoms with Crippen LogP contribution in [0.25, 0.3) is 95.1 Å². The lowest BCUT2D eigenvalue weighted by Gasteiger charge is -2.27. The van der Waals surface area contributed by atoms with E-state index in [-0.39, 0.29) is 22.0 Å². The molecular weight excluding hydrogens is 935 g/mol. The fourth-order valence-electron chi connectivity index (χ4n) is 11.1. The quantitative estimate of drug-likeness (QED) is 0.139. The third-order valence-electron chi connectivity index (χ3n) is 15.6. The molecule has 0 saturated carbocycles. The monoisotopic (exact) mass is 1010 g/mol. The fraction of sp³-hybridized carbons (Fsp3) is 0.260. The van der Waals surface area contributed by atoms with Crippen LogP contribution in [0.1, 0.15) is 130 Å². The van der Waals surface area contributed by atoms with Crippen molar-refractivity contribution in [3.05, 3.63) is 216 Å². The second-order valence-electron chi connectivity index (χ2n) is 24.9. The first kappa shape index (κ1) is 52.6. The van der Waals surface area contributed by atoms with Crippen molar-refractivity contribution in [3.8, 4) is 89.8 Å². The van der Waals surface area contributed by atoms with Crippen LogP contribution in [0, 0.1) is 0 Å². The maximum Gasteiger partial charge on any atom is 0.213 e. The first-order valence-electron chi connectivity index (χ1n) is 27.6. The summed E-state index contributed by atoms with van der Waals surface area (Å²) in [7, 11) is 2.24. The van der Waals surface area contributed by atoms with E-state index in [9.17, 15) is 5.11 Å². The van der Waals surface area contributed by atoms with E-state index in [1.807, 2.05) is 0 Å². The van der Waals surface area contributed by atoms with Crippen LogP contribution in [-0.2, 0) is 23.3 Å². The van der Waals surface area contributed by atoms with Crippen LogP contribution in [0.3, 0.4) is 0 Å². The van der Waals surface area contributed by atoms with Gasteiger partial charge in [0.1, 0.15) is 18.6 Å². The minimum atomic E-state index is -0.343. The number of pyridine rings is 1. The second kappa shape index (κ2) is 20.3. The van der Waals surface area contributed by atoms with E-state index in [0.717, 1.165) is 72.5 Å². The number of phenolic OH excluding ortho intramolecular Hbond substituents is 1. The molecule has 77 heavy (non-hydrogen) atoms. The highest BCUT2D eigenvalue weighted by Crippen LogP contribution is 2.47. The highest BCUT2D eigenvalue weighted by atomic mass is 16.3. The van der Waals surface area contributed by atoms with Gasteiger partial charge in [0.05, 0.1) is 27.8 Å². The summed E-state index contributed by atoms with van der Waals surface area (Å²) in [5.74, 6) is 1.56. The Kier molecular flexibility index (Phi) is 13.9. The Balaban J connectivity index is 1.25. The Labute approximate surface area is 458 Å². The molecule has 0 aliphatic carbocycles. The first-order chi connectivity index (χ1) is 36.6. The molecule has 10 rings (SSSR count). The summed E-state index contributed by atoms with van der Waals surface area (Å²) in [5, 5.41) is 12.8. The smallest absolute Gasteiger partial charge is 0.213 e. The molecule has 388 valence electrons. The third-order valence-corrected chi connectivity index (χ3v) is 15.6. The molecule has 0 aliphatic rings. The molecule has 0 fully saturated rings. The number of hydrogen-bond donors (Lipinski definition) is 1. The topological polar surface area (TPSA) is 41.9 Å². The van der Waals surface area contributed by atoms with Gasteiger partial charge >= 0.3 is 0 Å². The number of para-hydroxylation sites is 1. The number of fused-ring (bicyclic) bond motifs is 1. The first-order valence-corrected chi connectivity index (χ1v) is 27.6. The molecule has 8 aromatic carbocycles. The van der Waals surface area contributed by atoms with Crippen LogP contribution >= 0.6 is 0 Å². The predicted molar refractivity (Wildman–Crippen MR) is 326 cm³/mol. The lowest BCUT2D eigenvalue weighted by molar-refractivity contribution is -0.649. The number of rotatable bonds is 10. The summed E-state index contributed by atoms with van der Waals surface area (Å²) in [6, 6.07) is 68.6. The van der Waals surface area contributed by atoms with E-state index in [0.29, 0.717) is 23.2 Å². The van der Waals surface area contributed by atoms with E-state index in [1.54, 1.807) is 0 Å². The van der Waals surface area contributed by atoms with Gasteiger partial charge in [0.2, 0.25) is 11.4 Å². The number of hydrogen-bond acceptors (Lipinski definition) is 2. The summed E-state index contributed by atoms with van der Waals surface area (Å²) in [5.41, 5.74) is 22.6. The molecule has 10 aromatic rings. The van der Waals surface area contributed by atoms with Gasteiger partial charge in [-0.2, -0.15) is 4.57 Å². The Morgan fingerprint density at radius 3 is 1.53 bits per heavy atom. The van der Waals surface area contributed by atoms with Crippen molar-refractivity contribution in [1.29, 1.82) is 0 Å². The zero-order valence-electron chi connectivity index (χ0n) is 47.8. The van der Waals surface area contributed by atoms with Crippen molar-refractivity contribution in [2.75, 3.05) is 0 Å². The number of imidazole rings is 1. The Morgan fingerprint density at radius 1 is 0.429 bits per heavy atom. The van der Waals surface area contributed by atoms with Gasteiger partial charge in [-0.15, -0.1) is 0 Å². The van der Waals surface area contributed by atoms with Gasteiger partial charge in [0, 0.05) is 34.4 Å². The lowest BCUT2D eigenvalue weighted by atomic mass is 9.79. The molecular formula is C73H76N3O+. The zero-order chi connectivity index (χ0) is 54.7. The molecule has 0 saturated heterocycles. The maximum atomic E-state index is 12.8. The fourth-order valence-corrected chi connectivity index (χ4v) is 11.1. The van der Waals surface area contributed by atoms with Crippen LogP contribution in [0.15, 0.2) is 188 Å². The van der Waals surface area contributed by atoms with Crippen molar-refractivity contribution >= 4 is 11.0 Å². The van der Waals surface area contributed by atoms with Crippen molar-refractivity contribution in [3.63, 3.8) is 0 Å². The summed E-state index contributed by atoms with van der Waals surface area (Å²) >= 11 is 0. The van der Waals surface area contributed by atoms with Gasteiger partial charge in [-0.3, -0.25) is 4.57 Å². The molecule has 0 radical (unpaired) electrons. The van der Waals surface area contributed by atoms with Crippen LogP contribution in [0.4, 0.5) is 0 Å². The number of nitrogens with zero attached hydrogens (tertiary/aromatic N) is 3. The Bertz CT molecular complexity index is 3770. The molecule has 2 aromatic heterocycles. The molecule has 4 heteroatoms. The molecule has 0 spiro atoms. The highest BCUT2D eigenvalue weighted by molar-refractivity contribution is 5.98. The minimum Gasteiger partial charge on any atom is -0.507 e. The van der Waals surface area contributed by atoms with Gasteiger partial charge < -0.3 is 5.11 Å². The Hall–Kier alpha value is -7.82. The standard InChI is InChI=1S/C73H75N3O/c1-46(2)58-42-52(49-28-20-16-21-29-49)43-59(47(3)4)67(58)65-34-25-33-63(75(65)14)54-38-53(39-55(40-54)71(5,6)7)57-32-24-35-66-68(57)74-70(61-44-56(72(8,9)10)45-62(69(61)77)73(11,12)13)76(66)64-37-36-51(48-26-18-15-19-27-48)41-60(64)50-30-22-17-23-31-50/h15-47H,1-14H3/p+1. The van der Waals surface area contributed by atoms with Gasteiger partial charge in [-0.05, 0) is 126 Å². The molecule has 0 atom stereocenters. The van der Waals surface area contributed by atoms with Gasteiger partial charge in [0.25, 0.3) is 0 Å². The van der Waals surface area contributed by atoms with Gasteiger partial charge in [-0.1, -0.05) is 223 Å². The molecule has 0 amide bonds. The van der Waals surface area contributed by atoms with Crippen molar-refractivity contribution in [1.82, 2.24) is 9.55 Å². The average Bonchev–Trinajstić information content (AvgIpc) is 3.94. The van der Waals surface area contributed by atoms with Gasteiger partial charge in [-0.25, -0.2) is 4.98 Å². The molecule has 0 bridgehead atoms. The molecule has 0 aliphatic heterocycles. The van der Waals surface area contributed by atoms with Crippen LogP contribution in [0.2, 0.25) is 0 Å².